The minimum absolute atomic E-state index is 0.0250. The maximum Gasteiger partial charge on any atom is 0.170 e. The Morgan fingerprint density at radius 1 is 1.17 bits per heavy atom. The van der Waals surface area contributed by atoms with Crippen LogP contribution in [0.4, 0.5) is 0 Å². The van der Waals surface area contributed by atoms with E-state index >= 15 is 0 Å². The van der Waals surface area contributed by atoms with Crippen molar-refractivity contribution in [2.45, 2.75) is 45.1 Å². The Kier molecular flexibility index (Phi) is 4.13. The lowest BCUT2D eigenvalue weighted by Crippen LogP contribution is -2.11. The molecule has 1 aromatic rings. The van der Waals surface area contributed by atoms with E-state index in [4.69, 9.17) is 4.74 Å². The van der Waals surface area contributed by atoms with Gasteiger partial charge in [-0.2, -0.15) is 0 Å². The summed E-state index contributed by atoms with van der Waals surface area (Å²) in [7, 11) is 0. The van der Waals surface area contributed by atoms with Gasteiger partial charge in [0.15, 0.2) is 5.78 Å². The normalized spacial score (nSPS) is 15.6. The van der Waals surface area contributed by atoms with Crippen molar-refractivity contribution in [1.82, 2.24) is 0 Å². The predicted octanol–water partition coefficient (Wildman–Crippen LogP) is 3.17. The second kappa shape index (κ2) is 5.80. The highest BCUT2D eigenvalue weighted by molar-refractivity contribution is 6.07. The molecule has 2 rings (SSSR count). The van der Waals surface area contributed by atoms with E-state index in [1.807, 2.05) is 12.1 Å². The Balaban J connectivity index is 1.96. The average molecular weight is 246 g/mol. The maximum atomic E-state index is 11.6. The standard InChI is InChI=1S/C15H18O3/c1-11(16)10-15(17)12-6-8-14(9-7-12)18-13-4-2-3-5-13/h6-9,13H,2-5,10H2,1H3. The van der Waals surface area contributed by atoms with Gasteiger partial charge in [0.05, 0.1) is 12.5 Å². The summed E-state index contributed by atoms with van der Waals surface area (Å²) in [5.41, 5.74) is 0.573. The van der Waals surface area contributed by atoms with Crippen molar-refractivity contribution < 1.29 is 14.3 Å². The Morgan fingerprint density at radius 3 is 2.33 bits per heavy atom. The molecule has 0 heterocycles. The molecular formula is C15H18O3. The highest BCUT2D eigenvalue weighted by Crippen LogP contribution is 2.24. The van der Waals surface area contributed by atoms with Crippen LogP contribution < -0.4 is 4.74 Å². The van der Waals surface area contributed by atoms with Crippen molar-refractivity contribution in [3.05, 3.63) is 29.8 Å². The van der Waals surface area contributed by atoms with E-state index in [0.29, 0.717) is 11.7 Å². The third kappa shape index (κ3) is 3.42. The Hall–Kier alpha value is -1.64. The Morgan fingerprint density at radius 2 is 1.78 bits per heavy atom. The summed E-state index contributed by atoms with van der Waals surface area (Å²) in [5.74, 6) is 0.572. The second-order valence-electron chi connectivity index (χ2n) is 4.85. The average Bonchev–Trinajstić information content (AvgIpc) is 2.82. The van der Waals surface area contributed by atoms with Crippen molar-refractivity contribution >= 4 is 11.6 Å². The zero-order chi connectivity index (χ0) is 13.0. The zero-order valence-electron chi connectivity index (χ0n) is 10.6. The van der Waals surface area contributed by atoms with Crippen LogP contribution >= 0.6 is 0 Å². The summed E-state index contributed by atoms with van der Waals surface area (Å²) in [4.78, 5) is 22.5. The smallest absolute Gasteiger partial charge is 0.170 e. The van der Waals surface area contributed by atoms with Gasteiger partial charge in [-0.15, -0.1) is 0 Å². The third-order valence-electron chi connectivity index (χ3n) is 3.19. The SMILES string of the molecule is CC(=O)CC(=O)c1ccc(OC2CCCC2)cc1. The molecule has 0 radical (unpaired) electrons. The number of carbonyl (C=O) groups is 2. The zero-order valence-corrected chi connectivity index (χ0v) is 10.6. The lowest BCUT2D eigenvalue weighted by molar-refractivity contribution is -0.116. The molecule has 0 bridgehead atoms. The lowest BCUT2D eigenvalue weighted by Gasteiger charge is -2.13. The van der Waals surface area contributed by atoms with E-state index in [-0.39, 0.29) is 18.0 Å². The molecule has 96 valence electrons. The molecular weight excluding hydrogens is 228 g/mol. The summed E-state index contributed by atoms with van der Waals surface area (Å²) in [5, 5.41) is 0. The largest absolute Gasteiger partial charge is 0.490 e. The molecule has 18 heavy (non-hydrogen) atoms. The van der Waals surface area contributed by atoms with Gasteiger partial charge in [0.2, 0.25) is 0 Å². The van der Waals surface area contributed by atoms with E-state index < -0.39 is 0 Å². The molecule has 3 heteroatoms. The van der Waals surface area contributed by atoms with Crippen molar-refractivity contribution in [2.75, 3.05) is 0 Å². The molecule has 1 fully saturated rings. The van der Waals surface area contributed by atoms with Gasteiger partial charge >= 0.3 is 0 Å². The van der Waals surface area contributed by atoms with E-state index in [1.165, 1.54) is 19.8 Å². The molecule has 0 aromatic heterocycles. The van der Waals surface area contributed by atoms with Crippen molar-refractivity contribution in [2.24, 2.45) is 0 Å². The molecule has 1 saturated carbocycles. The highest BCUT2D eigenvalue weighted by atomic mass is 16.5. The molecule has 3 nitrogen and oxygen atoms in total. The van der Waals surface area contributed by atoms with Crippen molar-refractivity contribution in [3.8, 4) is 5.75 Å². The number of ether oxygens (including phenoxy) is 1. The number of carbonyl (C=O) groups excluding carboxylic acids is 2. The lowest BCUT2D eigenvalue weighted by atomic mass is 10.1. The number of hydrogen-bond acceptors (Lipinski definition) is 3. The summed E-state index contributed by atoms with van der Waals surface area (Å²) < 4.78 is 5.81. The Bertz CT molecular complexity index is 428. The molecule has 1 aliphatic rings. The van der Waals surface area contributed by atoms with Gasteiger partial charge in [0.25, 0.3) is 0 Å². The summed E-state index contributed by atoms with van der Waals surface area (Å²) >= 11 is 0. The van der Waals surface area contributed by atoms with Gasteiger partial charge < -0.3 is 4.74 Å². The molecule has 0 N–H and O–H groups in total. The molecule has 0 aliphatic heterocycles. The summed E-state index contributed by atoms with van der Waals surface area (Å²) in [6, 6.07) is 7.09. The van der Waals surface area contributed by atoms with Crippen LogP contribution in [-0.2, 0) is 4.79 Å². The van der Waals surface area contributed by atoms with Gasteiger partial charge in [-0.05, 0) is 56.9 Å². The summed E-state index contributed by atoms with van der Waals surface area (Å²) in [6.45, 7) is 1.43. The van der Waals surface area contributed by atoms with Crippen molar-refractivity contribution in [1.29, 1.82) is 0 Å². The first-order valence-corrected chi connectivity index (χ1v) is 6.44. The van der Waals surface area contributed by atoms with Crippen LogP contribution in [0.3, 0.4) is 0 Å². The fourth-order valence-electron chi connectivity index (χ4n) is 2.25. The van der Waals surface area contributed by atoms with Gasteiger partial charge in [-0.25, -0.2) is 0 Å². The van der Waals surface area contributed by atoms with E-state index in [0.717, 1.165) is 18.6 Å². The number of hydrogen-bond donors (Lipinski definition) is 0. The van der Waals surface area contributed by atoms with Crippen LogP contribution in [0.2, 0.25) is 0 Å². The number of Topliss-reactive ketones (excluding diaryl/α,β-unsaturated/α-hetero) is 2. The van der Waals surface area contributed by atoms with Gasteiger partial charge in [-0.3, -0.25) is 9.59 Å². The monoisotopic (exact) mass is 246 g/mol. The maximum absolute atomic E-state index is 11.6. The van der Waals surface area contributed by atoms with E-state index in [9.17, 15) is 9.59 Å². The first-order chi connectivity index (χ1) is 8.65. The molecule has 0 unspecified atom stereocenters. The first kappa shape index (κ1) is 12.8. The minimum Gasteiger partial charge on any atom is -0.490 e. The summed E-state index contributed by atoms with van der Waals surface area (Å²) in [6.07, 6.45) is 5.00. The highest BCUT2D eigenvalue weighted by Gasteiger charge is 2.16. The fourth-order valence-corrected chi connectivity index (χ4v) is 2.25. The molecule has 0 saturated heterocycles. The Labute approximate surface area is 107 Å². The van der Waals surface area contributed by atoms with Crippen LogP contribution in [0.1, 0.15) is 49.4 Å². The molecule has 1 aromatic carbocycles. The number of rotatable bonds is 5. The van der Waals surface area contributed by atoms with Crippen LogP contribution in [-0.4, -0.2) is 17.7 Å². The number of ketones is 2. The molecule has 1 aliphatic carbocycles. The van der Waals surface area contributed by atoms with Gasteiger partial charge in [0.1, 0.15) is 11.5 Å². The molecule has 0 amide bonds. The molecule has 0 spiro atoms. The quantitative estimate of drug-likeness (QED) is 0.592. The third-order valence-corrected chi connectivity index (χ3v) is 3.19. The van der Waals surface area contributed by atoms with Crippen LogP contribution in [0.15, 0.2) is 24.3 Å². The van der Waals surface area contributed by atoms with Crippen LogP contribution in [0, 0.1) is 0 Å². The second-order valence-corrected chi connectivity index (χ2v) is 4.85. The minimum atomic E-state index is -0.130. The molecule has 0 atom stereocenters. The predicted molar refractivity (Wildman–Crippen MR) is 69.0 cm³/mol. The van der Waals surface area contributed by atoms with E-state index in [2.05, 4.69) is 0 Å². The van der Waals surface area contributed by atoms with Gasteiger partial charge in [-0.1, -0.05) is 0 Å². The van der Waals surface area contributed by atoms with Gasteiger partial charge in [0, 0.05) is 5.56 Å². The van der Waals surface area contributed by atoms with Crippen molar-refractivity contribution in [3.63, 3.8) is 0 Å². The topological polar surface area (TPSA) is 43.4 Å². The van der Waals surface area contributed by atoms with Crippen LogP contribution in [0.5, 0.6) is 5.75 Å². The number of benzene rings is 1. The first-order valence-electron chi connectivity index (χ1n) is 6.44. The van der Waals surface area contributed by atoms with Crippen LogP contribution in [0.25, 0.3) is 0 Å². The fraction of sp³-hybridized carbons (Fsp3) is 0.467. The van der Waals surface area contributed by atoms with E-state index in [1.54, 1.807) is 12.1 Å².